The Kier molecular flexibility index (Phi) is 4.15. The van der Waals surface area contributed by atoms with Crippen LogP contribution in [0.4, 0.5) is 0 Å². The lowest BCUT2D eigenvalue weighted by atomic mass is 10.3. The van der Waals surface area contributed by atoms with Crippen molar-refractivity contribution in [2.45, 2.75) is 30.3 Å². The average molecular weight is 258 g/mol. The lowest BCUT2D eigenvalue weighted by molar-refractivity contribution is -0.721. The highest BCUT2D eigenvalue weighted by atomic mass is 32.2. The van der Waals surface area contributed by atoms with Gasteiger partial charge in [0.15, 0.2) is 12.0 Å². The number of aromatic nitrogens is 1. The maximum Gasteiger partial charge on any atom is 0.248 e. The molecule has 0 aliphatic rings. The predicted octanol–water partition coefficient (Wildman–Crippen LogP) is 3.02. The molecule has 1 aromatic carbocycles. The second-order valence-corrected chi connectivity index (χ2v) is 5.30. The van der Waals surface area contributed by atoms with Gasteiger partial charge in [-0.2, -0.15) is 4.57 Å². The number of benzene rings is 1. The van der Waals surface area contributed by atoms with E-state index in [4.69, 9.17) is 0 Å². The van der Waals surface area contributed by atoms with E-state index in [1.165, 1.54) is 10.5 Å². The first-order chi connectivity index (χ1) is 8.66. The number of Topliss-reactive ketones (excluding diaryl/α,β-unsaturated/α-hetero) is 1. The van der Waals surface area contributed by atoms with Gasteiger partial charge in [-0.15, -0.1) is 0 Å². The van der Waals surface area contributed by atoms with Crippen molar-refractivity contribution in [2.24, 2.45) is 0 Å². The second kappa shape index (κ2) is 5.83. The summed E-state index contributed by atoms with van der Waals surface area (Å²) in [5.74, 6) is 0.167. The number of hydrogen-bond donors (Lipinski definition) is 0. The molecule has 0 N–H and O–H groups in total. The van der Waals surface area contributed by atoms with Crippen molar-refractivity contribution >= 4 is 17.5 Å². The van der Waals surface area contributed by atoms with Crippen molar-refractivity contribution in [2.75, 3.05) is 0 Å². The molecule has 0 amide bonds. The molecule has 1 heterocycles. The van der Waals surface area contributed by atoms with Crippen LogP contribution in [-0.4, -0.2) is 5.78 Å². The van der Waals surface area contributed by atoms with Crippen molar-refractivity contribution in [1.82, 2.24) is 0 Å². The Labute approximate surface area is 112 Å². The average Bonchev–Trinajstić information content (AvgIpc) is 2.34. The van der Waals surface area contributed by atoms with Crippen molar-refractivity contribution < 1.29 is 9.36 Å². The SMILES string of the molecule is CC(=O)C[n+]1cccc(C)c1Sc1ccccc1. The van der Waals surface area contributed by atoms with E-state index in [1.54, 1.807) is 18.7 Å². The highest BCUT2D eigenvalue weighted by Crippen LogP contribution is 2.26. The third kappa shape index (κ3) is 3.20. The Bertz CT molecular complexity index is 552. The maximum atomic E-state index is 11.3. The zero-order valence-corrected chi connectivity index (χ0v) is 11.4. The molecule has 0 saturated heterocycles. The van der Waals surface area contributed by atoms with Crippen LogP contribution in [0, 0.1) is 6.92 Å². The zero-order valence-electron chi connectivity index (χ0n) is 10.6. The topological polar surface area (TPSA) is 20.9 Å². The lowest BCUT2D eigenvalue weighted by Gasteiger charge is -2.05. The highest BCUT2D eigenvalue weighted by molar-refractivity contribution is 7.99. The van der Waals surface area contributed by atoms with Crippen molar-refractivity contribution in [3.8, 4) is 0 Å². The Morgan fingerprint density at radius 3 is 2.56 bits per heavy atom. The van der Waals surface area contributed by atoms with Crippen LogP contribution in [0.15, 0.2) is 58.6 Å². The maximum absolute atomic E-state index is 11.3. The molecule has 0 spiro atoms. The summed E-state index contributed by atoms with van der Waals surface area (Å²) in [5, 5.41) is 1.12. The molecule has 2 rings (SSSR count). The Balaban J connectivity index is 2.34. The van der Waals surface area contributed by atoms with Crippen LogP contribution in [0.1, 0.15) is 12.5 Å². The molecule has 0 aliphatic heterocycles. The molecular weight excluding hydrogens is 242 g/mol. The number of hydrogen-bond acceptors (Lipinski definition) is 2. The van der Waals surface area contributed by atoms with E-state index in [9.17, 15) is 4.79 Å². The summed E-state index contributed by atoms with van der Waals surface area (Å²) in [6.45, 7) is 4.12. The molecule has 0 saturated carbocycles. The van der Waals surface area contributed by atoms with Gasteiger partial charge in [-0.25, -0.2) is 0 Å². The molecule has 2 nitrogen and oxygen atoms in total. The van der Waals surface area contributed by atoms with Crippen molar-refractivity contribution in [1.29, 1.82) is 0 Å². The number of pyridine rings is 1. The van der Waals surface area contributed by atoms with Crippen LogP contribution in [0.2, 0.25) is 0 Å². The molecule has 92 valence electrons. The van der Waals surface area contributed by atoms with Gasteiger partial charge in [0.1, 0.15) is 0 Å². The molecule has 0 bridgehead atoms. The minimum atomic E-state index is 0.167. The normalized spacial score (nSPS) is 10.3. The summed E-state index contributed by atoms with van der Waals surface area (Å²) in [6.07, 6.45) is 1.96. The summed E-state index contributed by atoms with van der Waals surface area (Å²) < 4.78 is 2.01. The molecular formula is C15H16NOS+. The van der Waals surface area contributed by atoms with E-state index in [2.05, 4.69) is 25.1 Å². The molecule has 0 aliphatic carbocycles. The van der Waals surface area contributed by atoms with E-state index in [-0.39, 0.29) is 5.78 Å². The fourth-order valence-electron chi connectivity index (χ4n) is 1.76. The number of aryl methyl sites for hydroxylation is 1. The van der Waals surface area contributed by atoms with Gasteiger partial charge in [-0.3, -0.25) is 4.79 Å². The summed E-state index contributed by atoms with van der Waals surface area (Å²) in [5.41, 5.74) is 1.19. The van der Waals surface area contributed by atoms with Crippen LogP contribution in [-0.2, 0) is 11.3 Å². The smallest absolute Gasteiger partial charge is 0.248 e. The first-order valence-electron chi connectivity index (χ1n) is 5.88. The summed E-state index contributed by atoms with van der Waals surface area (Å²) in [7, 11) is 0. The van der Waals surface area contributed by atoms with Crippen LogP contribution in [0.3, 0.4) is 0 Å². The van der Waals surface area contributed by atoms with Crippen molar-refractivity contribution in [3.63, 3.8) is 0 Å². The second-order valence-electron chi connectivity index (χ2n) is 4.24. The first-order valence-corrected chi connectivity index (χ1v) is 6.70. The number of carbonyl (C=O) groups is 1. The largest absolute Gasteiger partial charge is 0.293 e. The molecule has 3 heteroatoms. The molecule has 0 radical (unpaired) electrons. The fraction of sp³-hybridized carbons (Fsp3) is 0.200. The molecule has 0 unspecified atom stereocenters. The van der Waals surface area contributed by atoms with Gasteiger partial charge in [0.05, 0.1) is 0 Å². The predicted molar refractivity (Wildman–Crippen MR) is 72.6 cm³/mol. The number of ketones is 1. The monoisotopic (exact) mass is 258 g/mol. The van der Waals surface area contributed by atoms with Crippen LogP contribution in [0.5, 0.6) is 0 Å². The fourth-order valence-corrected chi connectivity index (χ4v) is 2.75. The van der Waals surface area contributed by atoms with Gasteiger partial charge in [-0.05, 0) is 36.9 Å². The van der Waals surface area contributed by atoms with Crippen LogP contribution in [0.25, 0.3) is 0 Å². The molecule has 18 heavy (non-hydrogen) atoms. The van der Waals surface area contributed by atoms with Crippen LogP contribution >= 0.6 is 11.8 Å². The Hall–Kier alpha value is -1.61. The van der Waals surface area contributed by atoms with E-state index in [1.807, 2.05) is 35.0 Å². The molecule has 0 fully saturated rings. The van der Waals surface area contributed by atoms with Gasteiger partial charge in [0.25, 0.3) is 0 Å². The van der Waals surface area contributed by atoms with Gasteiger partial charge in [0, 0.05) is 23.4 Å². The Morgan fingerprint density at radius 2 is 1.89 bits per heavy atom. The molecule has 1 aromatic heterocycles. The third-order valence-corrected chi connectivity index (χ3v) is 3.82. The lowest BCUT2D eigenvalue weighted by Crippen LogP contribution is -2.39. The number of carbonyl (C=O) groups excluding carboxylic acids is 1. The van der Waals surface area contributed by atoms with Crippen LogP contribution < -0.4 is 4.57 Å². The zero-order chi connectivity index (χ0) is 13.0. The minimum absolute atomic E-state index is 0.167. The number of nitrogens with zero attached hydrogens (tertiary/aromatic N) is 1. The van der Waals surface area contributed by atoms with E-state index < -0.39 is 0 Å². The summed E-state index contributed by atoms with van der Waals surface area (Å²) in [6, 6.07) is 14.3. The van der Waals surface area contributed by atoms with Gasteiger partial charge >= 0.3 is 0 Å². The summed E-state index contributed by atoms with van der Waals surface area (Å²) in [4.78, 5) is 12.5. The first kappa shape index (κ1) is 12.8. The quantitative estimate of drug-likeness (QED) is 0.786. The highest BCUT2D eigenvalue weighted by Gasteiger charge is 2.16. The van der Waals surface area contributed by atoms with Crippen molar-refractivity contribution in [3.05, 3.63) is 54.2 Å². The van der Waals surface area contributed by atoms with E-state index in [0.29, 0.717) is 6.54 Å². The third-order valence-electron chi connectivity index (χ3n) is 2.56. The van der Waals surface area contributed by atoms with Gasteiger partial charge < -0.3 is 0 Å². The van der Waals surface area contributed by atoms with Gasteiger partial charge in [0.2, 0.25) is 11.6 Å². The standard InChI is InChI=1S/C15H16NOS/c1-12-7-6-10-16(11-13(2)17)15(12)18-14-8-4-3-5-9-14/h3-10H,11H2,1-2H3/q+1. The summed E-state index contributed by atoms with van der Waals surface area (Å²) >= 11 is 1.69. The molecule has 0 atom stereocenters. The van der Waals surface area contributed by atoms with Gasteiger partial charge in [-0.1, -0.05) is 18.2 Å². The molecule has 2 aromatic rings. The van der Waals surface area contributed by atoms with E-state index >= 15 is 0 Å². The Morgan fingerprint density at radius 1 is 1.17 bits per heavy atom. The number of rotatable bonds is 4. The van der Waals surface area contributed by atoms with E-state index in [0.717, 1.165) is 5.03 Å². The minimum Gasteiger partial charge on any atom is -0.293 e.